The zero-order valence-corrected chi connectivity index (χ0v) is 11.2. The molecule has 0 unspecified atom stereocenters. The summed E-state index contributed by atoms with van der Waals surface area (Å²) < 4.78 is 5.47. The molecule has 0 spiro atoms. The van der Waals surface area contributed by atoms with Crippen LogP contribution in [0.4, 0.5) is 5.69 Å². The topological polar surface area (TPSA) is 21.3 Å². The second-order valence-electron chi connectivity index (χ2n) is 5.07. The van der Waals surface area contributed by atoms with E-state index in [4.69, 9.17) is 4.74 Å². The van der Waals surface area contributed by atoms with Crippen LogP contribution in [0.2, 0.25) is 0 Å². The third-order valence-electron chi connectivity index (χ3n) is 3.77. The van der Waals surface area contributed by atoms with Gasteiger partial charge in [0.1, 0.15) is 5.75 Å². The zero-order chi connectivity index (χ0) is 12.3. The van der Waals surface area contributed by atoms with E-state index in [1.54, 1.807) is 7.11 Å². The molecule has 0 saturated heterocycles. The Hall–Kier alpha value is -1.18. The van der Waals surface area contributed by atoms with Gasteiger partial charge in [0, 0.05) is 17.3 Å². The summed E-state index contributed by atoms with van der Waals surface area (Å²) in [6.07, 6.45) is 6.72. The van der Waals surface area contributed by atoms with Gasteiger partial charge in [-0.2, -0.15) is 0 Å². The lowest BCUT2D eigenvalue weighted by Crippen LogP contribution is -2.22. The highest BCUT2D eigenvalue weighted by molar-refractivity contribution is 5.60. The van der Waals surface area contributed by atoms with Crippen LogP contribution in [0.15, 0.2) is 12.1 Å². The van der Waals surface area contributed by atoms with Crippen LogP contribution in [-0.4, -0.2) is 13.2 Å². The second-order valence-corrected chi connectivity index (χ2v) is 5.07. The van der Waals surface area contributed by atoms with E-state index in [0.717, 1.165) is 5.75 Å². The number of ether oxygens (including phenoxy) is 1. The summed E-state index contributed by atoms with van der Waals surface area (Å²) in [4.78, 5) is 0. The molecule has 1 fully saturated rings. The first-order valence-corrected chi connectivity index (χ1v) is 6.63. The first-order chi connectivity index (χ1) is 8.22. The van der Waals surface area contributed by atoms with Gasteiger partial charge in [0.05, 0.1) is 7.11 Å². The van der Waals surface area contributed by atoms with Crippen molar-refractivity contribution >= 4 is 5.69 Å². The SMILES string of the molecule is COc1c(C)ccc(NC2CCCCC2)c1C. The van der Waals surface area contributed by atoms with E-state index < -0.39 is 0 Å². The minimum Gasteiger partial charge on any atom is -0.496 e. The molecule has 0 heterocycles. The molecule has 0 atom stereocenters. The van der Waals surface area contributed by atoms with E-state index in [-0.39, 0.29) is 0 Å². The van der Waals surface area contributed by atoms with Gasteiger partial charge < -0.3 is 10.1 Å². The van der Waals surface area contributed by atoms with E-state index in [0.29, 0.717) is 6.04 Å². The summed E-state index contributed by atoms with van der Waals surface area (Å²) >= 11 is 0. The summed E-state index contributed by atoms with van der Waals surface area (Å²) in [6.45, 7) is 4.23. The average molecular weight is 233 g/mol. The first-order valence-electron chi connectivity index (χ1n) is 6.63. The molecule has 0 radical (unpaired) electrons. The van der Waals surface area contributed by atoms with Gasteiger partial charge >= 0.3 is 0 Å². The lowest BCUT2D eigenvalue weighted by Gasteiger charge is -2.25. The molecule has 1 aromatic carbocycles. The smallest absolute Gasteiger partial charge is 0.126 e. The van der Waals surface area contributed by atoms with E-state index in [1.165, 1.54) is 48.9 Å². The monoisotopic (exact) mass is 233 g/mol. The lowest BCUT2D eigenvalue weighted by atomic mass is 9.95. The number of hydrogen-bond donors (Lipinski definition) is 1. The summed E-state index contributed by atoms with van der Waals surface area (Å²) in [5.74, 6) is 1.02. The van der Waals surface area contributed by atoms with Gasteiger partial charge in [-0.15, -0.1) is 0 Å². The fraction of sp³-hybridized carbons (Fsp3) is 0.600. The Morgan fingerprint density at radius 3 is 2.47 bits per heavy atom. The summed E-state index contributed by atoms with van der Waals surface area (Å²) in [5, 5.41) is 3.67. The molecular weight excluding hydrogens is 210 g/mol. The molecule has 2 nitrogen and oxygen atoms in total. The molecule has 0 bridgehead atoms. The van der Waals surface area contributed by atoms with Gasteiger partial charge in [0.15, 0.2) is 0 Å². The summed E-state index contributed by atoms with van der Waals surface area (Å²) in [7, 11) is 1.75. The predicted octanol–water partition coefficient (Wildman–Crippen LogP) is 4.06. The maximum atomic E-state index is 5.47. The molecule has 94 valence electrons. The minimum absolute atomic E-state index is 0.648. The largest absolute Gasteiger partial charge is 0.496 e. The molecule has 0 aliphatic heterocycles. The first kappa shape index (κ1) is 12.3. The Kier molecular flexibility index (Phi) is 3.93. The normalized spacial score (nSPS) is 16.9. The van der Waals surface area contributed by atoms with Gasteiger partial charge in [-0.1, -0.05) is 25.3 Å². The van der Waals surface area contributed by atoms with Gasteiger partial charge in [-0.05, 0) is 38.3 Å². The van der Waals surface area contributed by atoms with Crippen molar-refractivity contribution in [3.63, 3.8) is 0 Å². The third kappa shape index (κ3) is 2.74. The number of benzene rings is 1. The Morgan fingerprint density at radius 2 is 1.82 bits per heavy atom. The van der Waals surface area contributed by atoms with E-state index in [1.807, 2.05) is 0 Å². The van der Waals surface area contributed by atoms with Crippen molar-refractivity contribution in [2.75, 3.05) is 12.4 Å². The van der Waals surface area contributed by atoms with Crippen LogP contribution in [0.1, 0.15) is 43.2 Å². The van der Waals surface area contributed by atoms with Crippen LogP contribution in [0, 0.1) is 13.8 Å². The lowest BCUT2D eigenvalue weighted by molar-refractivity contribution is 0.408. The van der Waals surface area contributed by atoms with Crippen molar-refractivity contribution in [2.24, 2.45) is 0 Å². The number of methoxy groups -OCH3 is 1. The molecule has 17 heavy (non-hydrogen) atoms. The Morgan fingerprint density at radius 1 is 1.12 bits per heavy atom. The minimum atomic E-state index is 0.648. The van der Waals surface area contributed by atoms with Gasteiger partial charge in [0.2, 0.25) is 0 Å². The van der Waals surface area contributed by atoms with Crippen LogP contribution < -0.4 is 10.1 Å². The molecule has 1 aliphatic carbocycles. The fourth-order valence-electron chi connectivity index (χ4n) is 2.76. The van der Waals surface area contributed by atoms with Gasteiger partial charge in [0.25, 0.3) is 0 Å². The Labute approximate surface area is 104 Å². The van der Waals surface area contributed by atoms with Crippen molar-refractivity contribution in [3.8, 4) is 5.75 Å². The molecule has 1 N–H and O–H groups in total. The maximum absolute atomic E-state index is 5.47. The van der Waals surface area contributed by atoms with Crippen molar-refractivity contribution in [1.82, 2.24) is 0 Å². The highest BCUT2D eigenvalue weighted by Crippen LogP contribution is 2.31. The van der Waals surface area contributed by atoms with Crippen molar-refractivity contribution < 1.29 is 4.74 Å². The quantitative estimate of drug-likeness (QED) is 0.850. The van der Waals surface area contributed by atoms with Crippen molar-refractivity contribution in [2.45, 2.75) is 52.0 Å². The summed E-state index contributed by atoms with van der Waals surface area (Å²) in [5.41, 5.74) is 3.68. The van der Waals surface area contributed by atoms with Gasteiger partial charge in [-0.3, -0.25) is 0 Å². The van der Waals surface area contributed by atoms with Crippen LogP contribution in [-0.2, 0) is 0 Å². The van der Waals surface area contributed by atoms with Crippen molar-refractivity contribution in [1.29, 1.82) is 0 Å². The third-order valence-corrected chi connectivity index (χ3v) is 3.77. The number of nitrogens with one attached hydrogen (secondary N) is 1. The number of rotatable bonds is 3. The molecule has 0 amide bonds. The van der Waals surface area contributed by atoms with E-state index in [9.17, 15) is 0 Å². The zero-order valence-electron chi connectivity index (χ0n) is 11.2. The van der Waals surface area contributed by atoms with E-state index in [2.05, 4.69) is 31.3 Å². The molecule has 2 rings (SSSR count). The molecule has 1 aliphatic rings. The molecular formula is C15H23NO. The average Bonchev–Trinajstić information content (AvgIpc) is 2.35. The molecule has 0 aromatic heterocycles. The van der Waals surface area contributed by atoms with Crippen LogP contribution in [0.3, 0.4) is 0 Å². The fourth-order valence-corrected chi connectivity index (χ4v) is 2.76. The second kappa shape index (κ2) is 5.44. The number of hydrogen-bond acceptors (Lipinski definition) is 2. The van der Waals surface area contributed by atoms with E-state index >= 15 is 0 Å². The standard InChI is InChI=1S/C15H23NO/c1-11-9-10-14(12(2)15(11)17-3)16-13-7-5-4-6-8-13/h9-10,13,16H,4-8H2,1-3H3. The highest BCUT2D eigenvalue weighted by Gasteiger charge is 2.15. The summed E-state index contributed by atoms with van der Waals surface area (Å²) in [6, 6.07) is 4.97. The number of aryl methyl sites for hydroxylation is 1. The van der Waals surface area contributed by atoms with Crippen molar-refractivity contribution in [3.05, 3.63) is 23.3 Å². The maximum Gasteiger partial charge on any atom is 0.126 e. The molecule has 2 heteroatoms. The van der Waals surface area contributed by atoms with Gasteiger partial charge in [-0.25, -0.2) is 0 Å². The highest BCUT2D eigenvalue weighted by atomic mass is 16.5. The Balaban J connectivity index is 2.15. The van der Waals surface area contributed by atoms with Crippen LogP contribution >= 0.6 is 0 Å². The molecule has 1 saturated carbocycles. The Bertz CT molecular complexity index is 381. The van der Waals surface area contributed by atoms with Crippen LogP contribution in [0.25, 0.3) is 0 Å². The molecule has 1 aromatic rings. The predicted molar refractivity (Wildman–Crippen MR) is 73.0 cm³/mol. The number of anilines is 1. The van der Waals surface area contributed by atoms with Crippen LogP contribution in [0.5, 0.6) is 5.75 Å².